The summed E-state index contributed by atoms with van der Waals surface area (Å²) in [5, 5.41) is 14.6. The molecule has 0 amide bonds. The van der Waals surface area contributed by atoms with Gasteiger partial charge in [-0.2, -0.15) is 0 Å². The summed E-state index contributed by atoms with van der Waals surface area (Å²) in [7, 11) is 1.59. The standard InChI is InChI=1S/C9H9N3O2/c1-6-3-4-7-8(5-6)11(2)9(13)10-12(7)14/h3-5H,1-2H3. The van der Waals surface area contributed by atoms with Gasteiger partial charge in [-0.15, -0.1) is 0 Å². The van der Waals surface area contributed by atoms with Gasteiger partial charge >= 0.3 is 5.69 Å². The van der Waals surface area contributed by atoms with E-state index in [2.05, 4.69) is 5.10 Å². The minimum absolute atomic E-state index is 0.358. The van der Waals surface area contributed by atoms with Crippen LogP contribution in [0.2, 0.25) is 0 Å². The molecule has 5 nitrogen and oxygen atoms in total. The summed E-state index contributed by atoms with van der Waals surface area (Å²) >= 11 is 0. The van der Waals surface area contributed by atoms with E-state index in [4.69, 9.17) is 0 Å². The number of rotatable bonds is 0. The van der Waals surface area contributed by atoms with Crippen molar-refractivity contribution in [2.24, 2.45) is 7.05 Å². The lowest BCUT2D eigenvalue weighted by molar-refractivity contribution is -0.645. The second-order valence-corrected chi connectivity index (χ2v) is 3.21. The van der Waals surface area contributed by atoms with Gasteiger partial charge in [-0.25, -0.2) is 4.79 Å². The molecular formula is C9H9N3O2. The molecule has 0 saturated heterocycles. The molecule has 5 heteroatoms. The van der Waals surface area contributed by atoms with Crippen LogP contribution in [0.25, 0.3) is 11.0 Å². The molecule has 0 atom stereocenters. The van der Waals surface area contributed by atoms with Crippen molar-refractivity contribution < 1.29 is 4.85 Å². The van der Waals surface area contributed by atoms with Crippen LogP contribution in [0.3, 0.4) is 0 Å². The van der Waals surface area contributed by atoms with Crippen LogP contribution in [-0.4, -0.2) is 9.67 Å². The lowest BCUT2D eigenvalue weighted by atomic mass is 10.2. The minimum Gasteiger partial charge on any atom is -0.594 e. The van der Waals surface area contributed by atoms with Crippen LogP contribution in [-0.2, 0) is 7.05 Å². The highest BCUT2D eigenvalue weighted by atomic mass is 16.5. The van der Waals surface area contributed by atoms with Crippen LogP contribution in [0.4, 0.5) is 0 Å². The summed E-state index contributed by atoms with van der Waals surface area (Å²) < 4.78 is 1.36. The first kappa shape index (κ1) is 8.68. The zero-order chi connectivity index (χ0) is 10.3. The number of benzene rings is 1. The Balaban J connectivity index is 3.03. The molecule has 0 fully saturated rings. The van der Waals surface area contributed by atoms with E-state index in [9.17, 15) is 10.0 Å². The van der Waals surface area contributed by atoms with Crippen molar-refractivity contribution >= 4 is 11.0 Å². The van der Waals surface area contributed by atoms with Gasteiger partial charge in [0.25, 0.3) is 5.52 Å². The quantitative estimate of drug-likeness (QED) is 0.430. The largest absolute Gasteiger partial charge is 0.594 e. The number of hydrogen-bond acceptors (Lipinski definition) is 3. The van der Waals surface area contributed by atoms with Crippen LogP contribution in [0.1, 0.15) is 5.56 Å². The van der Waals surface area contributed by atoms with Crippen LogP contribution in [0.5, 0.6) is 0 Å². The van der Waals surface area contributed by atoms with Crippen molar-refractivity contribution in [1.29, 1.82) is 0 Å². The number of fused-ring (bicyclic) bond motifs is 1. The highest BCUT2D eigenvalue weighted by Crippen LogP contribution is 2.08. The van der Waals surface area contributed by atoms with Crippen molar-refractivity contribution in [2.45, 2.75) is 6.92 Å². The van der Waals surface area contributed by atoms with Crippen molar-refractivity contribution in [3.63, 3.8) is 0 Å². The maximum atomic E-state index is 11.3. The SMILES string of the molecule is Cc1ccc2c(c1)n(C)c(=O)n[n+]2[O-]. The first-order valence-electron chi connectivity index (χ1n) is 4.17. The van der Waals surface area contributed by atoms with E-state index in [-0.39, 0.29) is 0 Å². The number of hydrogen-bond donors (Lipinski definition) is 0. The molecule has 0 aliphatic heterocycles. The maximum absolute atomic E-state index is 11.3. The highest BCUT2D eigenvalue weighted by Gasteiger charge is 2.10. The Bertz CT molecular complexity index is 560. The molecule has 1 heterocycles. The molecule has 0 N–H and O–H groups in total. The molecule has 0 saturated carbocycles. The minimum atomic E-state index is -0.543. The fraction of sp³-hybridized carbons (Fsp3) is 0.222. The predicted octanol–water partition coefficient (Wildman–Crippen LogP) is -0.125. The molecule has 0 aliphatic carbocycles. The summed E-state index contributed by atoms with van der Waals surface area (Å²) in [5.74, 6) is 0. The predicted molar refractivity (Wildman–Crippen MR) is 50.7 cm³/mol. The molecule has 0 bridgehead atoms. The summed E-state index contributed by atoms with van der Waals surface area (Å²) in [4.78, 5) is 11.6. The Morgan fingerprint density at radius 2 is 2.21 bits per heavy atom. The van der Waals surface area contributed by atoms with E-state index in [1.807, 2.05) is 13.0 Å². The van der Waals surface area contributed by atoms with Crippen LogP contribution in [0, 0.1) is 12.1 Å². The Labute approximate surface area is 79.8 Å². The van der Waals surface area contributed by atoms with Crippen molar-refractivity contribution in [1.82, 2.24) is 9.67 Å². The Hall–Kier alpha value is -1.91. The maximum Gasteiger partial charge on any atom is 0.409 e. The first-order chi connectivity index (χ1) is 6.59. The van der Waals surface area contributed by atoms with E-state index < -0.39 is 5.69 Å². The molecule has 2 rings (SSSR count). The third-order valence-electron chi connectivity index (χ3n) is 2.16. The molecule has 0 aliphatic rings. The van der Waals surface area contributed by atoms with Gasteiger partial charge in [0.15, 0.2) is 0 Å². The van der Waals surface area contributed by atoms with Gasteiger partial charge in [0.2, 0.25) is 0 Å². The number of aryl methyl sites for hydroxylation is 2. The van der Waals surface area contributed by atoms with Crippen molar-refractivity contribution in [3.05, 3.63) is 39.5 Å². The van der Waals surface area contributed by atoms with E-state index in [1.54, 1.807) is 19.2 Å². The zero-order valence-corrected chi connectivity index (χ0v) is 7.89. The fourth-order valence-corrected chi connectivity index (χ4v) is 1.37. The van der Waals surface area contributed by atoms with E-state index in [1.165, 1.54) is 4.57 Å². The van der Waals surface area contributed by atoms with E-state index in [0.29, 0.717) is 15.9 Å². The van der Waals surface area contributed by atoms with Crippen LogP contribution < -0.4 is 10.5 Å². The van der Waals surface area contributed by atoms with Gasteiger partial charge < -0.3 is 5.21 Å². The van der Waals surface area contributed by atoms with Gasteiger partial charge in [-0.1, -0.05) is 6.07 Å². The van der Waals surface area contributed by atoms with Crippen LogP contribution >= 0.6 is 0 Å². The molecule has 1 aromatic heterocycles. The van der Waals surface area contributed by atoms with Gasteiger partial charge in [0.05, 0.1) is 5.10 Å². The second-order valence-electron chi connectivity index (χ2n) is 3.21. The Morgan fingerprint density at radius 3 is 2.93 bits per heavy atom. The van der Waals surface area contributed by atoms with Crippen molar-refractivity contribution in [2.75, 3.05) is 0 Å². The van der Waals surface area contributed by atoms with Gasteiger partial charge in [-0.3, -0.25) is 4.57 Å². The van der Waals surface area contributed by atoms with Gasteiger partial charge in [0, 0.05) is 13.1 Å². The molecule has 0 unspecified atom stereocenters. The lowest BCUT2D eigenvalue weighted by Crippen LogP contribution is -2.42. The molecule has 0 spiro atoms. The molecular weight excluding hydrogens is 182 g/mol. The van der Waals surface area contributed by atoms with Gasteiger partial charge in [0.1, 0.15) is 5.52 Å². The van der Waals surface area contributed by atoms with Crippen molar-refractivity contribution in [3.8, 4) is 0 Å². The smallest absolute Gasteiger partial charge is 0.409 e. The lowest BCUT2D eigenvalue weighted by Gasteiger charge is -2.03. The molecule has 2 aromatic rings. The second kappa shape index (κ2) is 2.80. The zero-order valence-electron chi connectivity index (χ0n) is 7.89. The monoisotopic (exact) mass is 191 g/mol. The third-order valence-corrected chi connectivity index (χ3v) is 2.16. The summed E-state index contributed by atoms with van der Waals surface area (Å²) in [5.41, 5.74) is 1.45. The molecule has 14 heavy (non-hydrogen) atoms. The summed E-state index contributed by atoms with van der Waals surface area (Å²) in [6.07, 6.45) is 0. The van der Waals surface area contributed by atoms with E-state index >= 15 is 0 Å². The highest BCUT2D eigenvalue weighted by molar-refractivity contribution is 5.71. The van der Waals surface area contributed by atoms with Crippen LogP contribution in [0.15, 0.2) is 23.0 Å². The normalized spacial score (nSPS) is 10.7. The number of aromatic nitrogens is 3. The average Bonchev–Trinajstić information content (AvgIpc) is 2.14. The van der Waals surface area contributed by atoms with E-state index in [0.717, 1.165) is 5.56 Å². The first-order valence-corrected chi connectivity index (χ1v) is 4.17. The Morgan fingerprint density at radius 1 is 1.50 bits per heavy atom. The molecule has 1 aromatic carbocycles. The third kappa shape index (κ3) is 1.14. The topological polar surface area (TPSA) is 61.8 Å². The summed E-state index contributed by atoms with van der Waals surface area (Å²) in [6, 6.07) is 5.25. The summed E-state index contributed by atoms with van der Waals surface area (Å²) in [6.45, 7) is 1.90. The molecule has 0 radical (unpaired) electrons. The Kier molecular flexibility index (Phi) is 1.73. The average molecular weight is 191 g/mol. The number of nitrogens with zero attached hydrogens (tertiary/aromatic N) is 3. The van der Waals surface area contributed by atoms with Gasteiger partial charge in [-0.05, 0) is 23.4 Å². The molecule has 72 valence electrons. The fourth-order valence-electron chi connectivity index (χ4n) is 1.37.